The Hall–Kier alpha value is -1.64. The largest absolute Gasteiger partial charge is 0.294 e. The van der Waals surface area contributed by atoms with Crippen molar-refractivity contribution in [2.24, 2.45) is 0 Å². The van der Waals surface area contributed by atoms with Crippen LogP contribution in [-0.2, 0) is 6.42 Å². The molecule has 3 aromatic rings. The Morgan fingerprint density at radius 3 is 2.57 bits per heavy atom. The number of hydrogen-bond donors (Lipinski definition) is 0. The third kappa shape index (κ3) is 3.02. The summed E-state index contributed by atoms with van der Waals surface area (Å²) in [6.07, 6.45) is 0.377. The van der Waals surface area contributed by atoms with Crippen molar-refractivity contribution in [3.05, 3.63) is 81.3 Å². The fourth-order valence-electron chi connectivity index (χ4n) is 2.43. The smallest absolute Gasteiger partial charge is 0.168 e. The summed E-state index contributed by atoms with van der Waals surface area (Å²) in [7, 11) is 0. The maximum atomic E-state index is 12.5. The van der Waals surface area contributed by atoms with Gasteiger partial charge < -0.3 is 0 Å². The van der Waals surface area contributed by atoms with Gasteiger partial charge >= 0.3 is 0 Å². The number of ketones is 1. The Labute approximate surface area is 136 Å². The first-order chi connectivity index (χ1) is 10.1. The molecule has 0 aliphatic heterocycles. The fourth-order valence-corrected chi connectivity index (χ4v) is 3.33. The summed E-state index contributed by atoms with van der Waals surface area (Å²) in [5, 5.41) is 2.89. The predicted octanol–water partition coefficient (Wildman–Crippen LogP) is 5.68. The highest BCUT2D eigenvalue weighted by Crippen LogP contribution is 2.25. The van der Waals surface area contributed by atoms with E-state index in [0.29, 0.717) is 17.0 Å². The van der Waals surface area contributed by atoms with Gasteiger partial charge in [-0.15, -0.1) is 0 Å². The van der Waals surface area contributed by atoms with E-state index in [1.807, 2.05) is 24.3 Å². The first-order valence-corrected chi connectivity index (χ1v) is 7.77. The topological polar surface area (TPSA) is 17.1 Å². The van der Waals surface area contributed by atoms with Crippen LogP contribution in [0.25, 0.3) is 10.8 Å². The van der Waals surface area contributed by atoms with Gasteiger partial charge in [-0.05, 0) is 50.5 Å². The molecule has 0 unspecified atom stereocenters. The van der Waals surface area contributed by atoms with Gasteiger partial charge in [0.2, 0.25) is 0 Å². The van der Waals surface area contributed by atoms with Gasteiger partial charge in [-0.2, -0.15) is 0 Å². The molecule has 0 radical (unpaired) electrons. The van der Waals surface area contributed by atoms with Crippen LogP contribution in [0.3, 0.4) is 0 Å². The molecule has 21 heavy (non-hydrogen) atoms. The molecule has 0 bridgehead atoms. The van der Waals surface area contributed by atoms with Crippen LogP contribution in [0.4, 0.5) is 0 Å². The van der Waals surface area contributed by atoms with E-state index in [9.17, 15) is 4.79 Å². The number of benzene rings is 3. The van der Waals surface area contributed by atoms with E-state index < -0.39 is 0 Å². The number of rotatable bonds is 3. The van der Waals surface area contributed by atoms with Crippen LogP contribution in [0.15, 0.2) is 65.1 Å². The second-order valence-electron chi connectivity index (χ2n) is 4.86. The average Bonchev–Trinajstić information content (AvgIpc) is 2.47. The van der Waals surface area contributed by atoms with Gasteiger partial charge in [0.15, 0.2) is 5.78 Å². The van der Waals surface area contributed by atoms with Crippen molar-refractivity contribution < 1.29 is 4.79 Å². The van der Waals surface area contributed by atoms with Gasteiger partial charge in [0.1, 0.15) is 0 Å². The zero-order valence-electron chi connectivity index (χ0n) is 11.1. The Morgan fingerprint density at radius 1 is 1.00 bits per heavy atom. The van der Waals surface area contributed by atoms with E-state index in [4.69, 9.17) is 11.6 Å². The zero-order valence-corrected chi connectivity index (χ0v) is 13.5. The third-order valence-corrected chi connectivity index (χ3v) is 4.35. The Morgan fingerprint density at radius 2 is 1.76 bits per heavy atom. The Kier molecular flexibility index (Phi) is 4.09. The molecule has 0 fully saturated rings. The van der Waals surface area contributed by atoms with Crippen LogP contribution < -0.4 is 0 Å². The van der Waals surface area contributed by atoms with Crippen LogP contribution in [0.1, 0.15) is 15.9 Å². The molecule has 0 atom stereocenters. The fraction of sp³-hybridized carbons (Fsp3) is 0.0556. The maximum absolute atomic E-state index is 12.5. The van der Waals surface area contributed by atoms with Crippen LogP contribution >= 0.6 is 27.5 Å². The lowest BCUT2D eigenvalue weighted by Crippen LogP contribution is -2.05. The van der Waals surface area contributed by atoms with Crippen LogP contribution in [0.2, 0.25) is 5.02 Å². The Bertz CT molecular complexity index is 821. The van der Waals surface area contributed by atoms with Crippen LogP contribution in [0, 0.1) is 0 Å². The van der Waals surface area contributed by atoms with E-state index in [1.54, 1.807) is 18.2 Å². The summed E-state index contributed by atoms with van der Waals surface area (Å²) in [4.78, 5) is 12.5. The molecule has 3 aromatic carbocycles. The van der Waals surface area contributed by atoms with Crippen LogP contribution in [-0.4, -0.2) is 5.78 Å². The molecule has 3 heteroatoms. The number of carbonyl (C=O) groups is 1. The number of carbonyl (C=O) groups excluding carboxylic acids is 1. The number of hydrogen-bond acceptors (Lipinski definition) is 1. The standard InChI is InChI=1S/C18H12BrClO/c19-17-11-14(20)8-9-16(17)18(21)10-13-6-3-5-12-4-1-2-7-15(12)13/h1-9,11H,10H2. The van der Waals surface area contributed by atoms with Gasteiger partial charge in [-0.25, -0.2) is 0 Å². The van der Waals surface area contributed by atoms with Crippen molar-refractivity contribution in [1.82, 2.24) is 0 Å². The summed E-state index contributed by atoms with van der Waals surface area (Å²) in [5.41, 5.74) is 1.70. The van der Waals surface area contributed by atoms with Gasteiger partial charge in [-0.1, -0.05) is 54.1 Å². The van der Waals surface area contributed by atoms with Gasteiger partial charge in [0.25, 0.3) is 0 Å². The SMILES string of the molecule is O=C(Cc1cccc2ccccc12)c1ccc(Cl)cc1Br. The minimum Gasteiger partial charge on any atom is -0.294 e. The van der Waals surface area contributed by atoms with Crippen molar-refractivity contribution in [1.29, 1.82) is 0 Å². The summed E-state index contributed by atoms with van der Waals surface area (Å²) < 4.78 is 0.736. The normalized spacial score (nSPS) is 10.8. The molecule has 0 N–H and O–H groups in total. The first kappa shape index (κ1) is 14.3. The molecule has 0 spiro atoms. The molecule has 0 aliphatic rings. The van der Waals surface area contributed by atoms with E-state index >= 15 is 0 Å². The van der Waals surface area contributed by atoms with Gasteiger partial charge in [0, 0.05) is 21.5 Å². The third-order valence-electron chi connectivity index (χ3n) is 3.46. The lowest BCUT2D eigenvalue weighted by Gasteiger charge is -2.07. The first-order valence-electron chi connectivity index (χ1n) is 6.60. The van der Waals surface area contributed by atoms with E-state index in [0.717, 1.165) is 20.8 Å². The van der Waals surface area contributed by atoms with E-state index in [1.165, 1.54) is 0 Å². The van der Waals surface area contributed by atoms with Crippen LogP contribution in [0.5, 0.6) is 0 Å². The molecule has 0 saturated carbocycles. The summed E-state index contributed by atoms with van der Waals surface area (Å²) in [6.45, 7) is 0. The highest BCUT2D eigenvalue weighted by atomic mass is 79.9. The molecule has 1 nitrogen and oxygen atoms in total. The monoisotopic (exact) mass is 358 g/mol. The van der Waals surface area contributed by atoms with Crippen molar-refractivity contribution in [3.63, 3.8) is 0 Å². The zero-order chi connectivity index (χ0) is 14.8. The number of Topliss-reactive ketones (excluding diaryl/α,β-unsaturated/α-hetero) is 1. The van der Waals surface area contributed by atoms with Gasteiger partial charge in [-0.3, -0.25) is 4.79 Å². The molecular weight excluding hydrogens is 348 g/mol. The molecule has 0 amide bonds. The quantitative estimate of drug-likeness (QED) is 0.550. The maximum Gasteiger partial charge on any atom is 0.168 e. The van der Waals surface area contributed by atoms with Crippen molar-refractivity contribution in [3.8, 4) is 0 Å². The summed E-state index contributed by atoms with van der Waals surface area (Å²) in [5.74, 6) is 0.0786. The second kappa shape index (κ2) is 6.00. The number of halogens is 2. The minimum atomic E-state index is 0.0786. The van der Waals surface area contributed by atoms with Crippen molar-refractivity contribution in [2.75, 3.05) is 0 Å². The molecule has 0 heterocycles. The lowest BCUT2D eigenvalue weighted by molar-refractivity contribution is 0.0992. The summed E-state index contributed by atoms with van der Waals surface area (Å²) >= 11 is 9.32. The summed E-state index contributed by atoms with van der Waals surface area (Å²) in [6, 6.07) is 19.4. The second-order valence-corrected chi connectivity index (χ2v) is 6.15. The highest BCUT2D eigenvalue weighted by molar-refractivity contribution is 9.10. The molecule has 104 valence electrons. The average molecular weight is 360 g/mol. The Balaban J connectivity index is 1.97. The molecule has 3 rings (SSSR count). The van der Waals surface area contributed by atoms with Crippen molar-refractivity contribution >= 4 is 44.1 Å². The minimum absolute atomic E-state index is 0.0786. The van der Waals surface area contributed by atoms with Gasteiger partial charge in [0.05, 0.1) is 0 Å². The molecule has 0 aromatic heterocycles. The predicted molar refractivity (Wildman–Crippen MR) is 91.1 cm³/mol. The lowest BCUT2D eigenvalue weighted by atomic mass is 9.98. The number of fused-ring (bicyclic) bond motifs is 1. The molecular formula is C18H12BrClO. The molecule has 0 aliphatic carbocycles. The van der Waals surface area contributed by atoms with E-state index in [-0.39, 0.29) is 5.78 Å². The highest BCUT2D eigenvalue weighted by Gasteiger charge is 2.12. The van der Waals surface area contributed by atoms with Crippen molar-refractivity contribution in [2.45, 2.75) is 6.42 Å². The molecule has 0 saturated heterocycles. The van der Waals surface area contributed by atoms with E-state index in [2.05, 4.69) is 34.1 Å².